The molecular weight excluding hydrogens is 254 g/mol. The minimum absolute atomic E-state index is 0.0752. The molecular formula is C15H27N3O2. The Bertz CT molecular complexity index is 363. The topological polar surface area (TPSA) is 71.5 Å². The van der Waals surface area contributed by atoms with Gasteiger partial charge in [0.2, 0.25) is 5.91 Å². The van der Waals surface area contributed by atoms with E-state index in [2.05, 4.69) is 5.32 Å². The second kappa shape index (κ2) is 9.55. The zero-order valence-electron chi connectivity index (χ0n) is 12.6. The smallest absolute Gasteiger partial charge is 0.220 e. The third kappa shape index (κ3) is 6.21. The largest absolute Gasteiger partial charge is 0.468 e. The fraction of sp³-hybridized carbons (Fsp3) is 0.667. The van der Waals surface area contributed by atoms with E-state index < -0.39 is 0 Å². The standard InChI is InChI=1S/C15H27N3O2/c1-18(2)13(14-8-7-11-20-14)12-17-15(19)9-5-3-4-6-10-16/h7-8,11,13H,3-6,9-10,12,16H2,1-2H3,(H,17,19). The van der Waals surface area contributed by atoms with Crippen molar-refractivity contribution >= 4 is 5.91 Å². The van der Waals surface area contributed by atoms with Crippen LogP contribution in [0.1, 0.15) is 43.9 Å². The van der Waals surface area contributed by atoms with E-state index >= 15 is 0 Å². The Morgan fingerprint density at radius 2 is 2.10 bits per heavy atom. The monoisotopic (exact) mass is 281 g/mol. The molecule has 0 aliphatic heterocycles. The number of amides is 1. The maximum absolute atomic E-state index is 11.8. The quantitative estimate of drug-likeness (QED) is 0.643. The summed E-state index contributed by atoms with van der Waals surface area (Å²) in [6, 6.07) is 3.88. The van der Waals surface area contributed by atoms with Gasteiger partial charge < -0.3 is 15.5 Å². The van der Waals surface area contributed by atoms with Crippen molar-refractivity contribution in [2.45, 2.75) is 38.1 Å². The van der Waals surface area contributed by atoms with Gasteiger partial charge in [-0.3, -0.25) is 9.69 Å². The van der Waals surface area contributed by atoms with Crippen LogP contribution in [0.25, 0.3) is 0 Å². The molecule has 5 heteroatoms. The van der Waals surface area contributed by atoms with E-state index in [0.717, 1.165) is 38.0 Å². The fourth-order valence-corrected chi connectivity index (χ4v) is 2.10. The SMILES string of the molecule is CN(C)C(CNC(=O)CCCCCCN)c1ccco1. The zero-order valence-corrected chi connectivity index (χ0v) is 12.6. The Labute approximate surface area is 121 Å². The molecule has 3 N–H and O–H groups in total. The summed E-state index contributed by atoms with van der Waals surface area (Å²) in [6.45, 7) is 1.31. The van der Waals surface area contributed by atoms with Crippen LogP contribution in [0.3, 0.4) is 0 Å². The van der Waals surface area contributed by atoms with E-state index in [1.807, 2.05) is 31.1 Å². The molecule has 0 radical (unpaired) electrons. The summed E-state index contributed by atoms with van der Waals surface area (Å²) in [4.78, 5) is 13.8. The molecule has 0 saturated carbocycles. The number of unbranched alkanes of at least 4 members (excludes halogenated alkanes) is 3. The summed E-state index contributed by atoms with van der Waals surface area (Å²) in [5, 5.41) is 2.98. The normalized spacial score (nSPS) is 12.6. The van der Waals surface area contributed by atoms with Crippen molar-refractivity contribution in [3.63, 3.8) is 0 Å². The second-order valence-corrected chi connectivity index (χ2v) is 5.25. The van der Waals surface area contributed by atoms with Crippen LogP contribution in [0.2, 0.25) is 0 Å². The number of carbonyl (C=O) groups excluding carboxylic acids is 1. The highest BCUT2D eigenvalue weighted by Crippen LogP contribution is 2.17. The molecule has 0 aliphatic carbocycles. The van der Waals surface area contributed by atoms with E-state index in [1.165, 1.54) is 0 Å². The van der Waals surface area contributed by atoms with Crippen molar-refractivity contribution in [1.82, 2.24) is 10.2 Å². The summed E-state index contributed by atoms with van der Waals surface area (Å²) in [7, 11) is 3.96. The minimum Gasteiger partial charge on any atom is -0.468 e. The lowest BCUT2D eigenvalue weighted by Crippen LogP contribution is -2.34. The lowest BCUT2D eigenvalue weighted by Gasteiger charge is -2.22. The summed E-state index contributed by atoms with van der Waals surface area (Å²) < 4.78 is 5.41. The van der Waals surface area contributed by atoms with Gasteiger partial charge >= 0.3 is 0 Å². The Morgan fingerprint density at radius 3 is 2.70 bits per heavy atom. The fourth-order valence-electron chi connectivity index (χ4n) is 2.10. The molecule has 0 aliphatic rings. The van der Waals surface area contributed by atoms with Crippen molar-refractivity contribution in [3.8, 4) is 0 Å². The van der Waals surface area contributed by atoms with Crippen LogP contribution >= 0.6 is 0 Å². The molecule has 1 heterocycles. The number of hydrogen-bond acceptors (Lipinski definition) is 4. The Balaban J connectivity index is 2.24. The number of carbonyl (C=O) groups is 1. The van der Waals surface area contributed by atoms with Gasteiger partial charge in [-0.25, -0.2) is 0 Å². The van der Waals surface area contributed by atoms with Crippen LogP contribution in [-0.4, -0.2) is 38.0 Å². The number of nitrogens with zero attached hydrogens (tertiary/aromatic N) is 1. The first-order valence-electron chi connectivity index (χ1n) is 7.31. The molecule has 0 bridgehead atoms. The first-order valence-corrected chi connectivity index (χ1v) is 7.31. The van der Waals surface area contributed by atoms with Gasteiger partial charge in [0.15, 0.2) is 0 Å². The number of furan rings is 1. The van der Waals surface area contributed by atoms with Gasteiger partial charge in [0.25, 0.3) is 0 Å². The van der Waals surface area contributed by atoms with Gasteiger partial charge in [0.1, 0.15) is 5.76 Å². The summed E-state index contributed by atoms with van der Waals surface area (Å²) in [6.07, 6.45) is 6.40. The first kappa shape index (κ1) is 16.7. The second-order valence-electron chi connectivity index (χ2n) is 5.25. The molecule has 0 fully saturated rings. The molecule has 1 rings (SSSR count). The van der Waals surface area contributed by atoms with E-state index in [-0.39, 0.29) is 11.9 Å². The van der Waals surface area contributed by atoms with Crippen molar-refractivity contribution in [1.29, 1.82) is 0 Å². The van der Waals surface area contributed by atoms with Crippen molar-refractivity contribution < 1.29 is 9.21 Å². The van der Waals surface area contributed by atoms with E-state index in [4.69, 9.17) is 10.2 Å². The molecule has 1 aromatic heterocycles. The average molecular weight is 281 g/mol. The van der Waals surface area contributed by atoms with Crippen LogP contribution in [0.4, 0.5) is 0 Å². The molecule has 1 aromatic rings. The van der Waals surface area contributed by atoms with Crippen LogP contribution in [0.15, 0.2) is 22.8 Å². The molecule has 20 heavy (non-hydrogen) atoms. The lowest BCUT2D eigenvalue weighted by atomic mass is 10.1. The number of likely N-dealkylation sites (N-methyl/N-ethyl adjacent to an activating group) is 1. The van der Waals surface area contributed by atoms with Gasteiger partial charge in [0.05, 0.1) is 12.3 Å². The molecule has 1 atom stereocenters. The maximum atomic E-state index is 11.8. The average Bonchev–Trinajstić information content (AvgIpc) is 2.92. The minimum atomic E-state index is 0.0752. The van der Waals surface area contributed by atoms with E-state index in [0.29, 0.717) is 13.0 Å². The van der Waals surface area contributed by atoms with Gasteiger partial charge in [-0.2, -0.15) is 0 Å². The van der Waals surface area contributed by atoms with Crippen molar-refractivity contribution in [2.24, 2.45) is 5.73 Å². The summed E-state index contributed by atoms with van der Waals surface area (Å²) in [5.74, 6) is 0.981. The van der Waals surface area contributed by atoms with E-state index in [1.54, 1.807) is 6.26 Å². The van der Waals surface area contributed by atoms with Crippen molar-refractivity contribution in [2.75, 3.05) is 27.2 Å². The van der Waals surface area contributed by atoms with Gasteiger partial charge in [-0.1, -0.05) is 12.8 Å². The van der Waals surface area contributed by atoms with Crippen LogP contribution in [0, 0.1) is 0 Å². The number of nitrogens with one attached hydrogen (secondary N) is 1. The third-order valence-corrected chi connectivity index (χ3v) is 3.35. The zero-order chi connectivity index (χ0) is 14.8. The van der Waals surface area contributed by atoms with Gasteiger partial charge in [-0.05, 0) is 45.6 Å². The highest BCUT2D eigenvalue weighted by molar-refractivity contribution is 5.75. The molecule has 1 unspecified atom stereocenters. The highest BCUT2D eigenvalue weighted by Gasteiger charge is 2.17. The van der Waals surface area contributed by atoms with Crippen LogP contribution < -0.4 is 11.1 Å². The van der Waals surface area contributed by atoms with Gasteiger partial charge in [0, 0.05) is 13.0 Å². The van der Waals surface area contributed by atoms with Crippen LogP contribution in [-0.2, 0) is 4.79 Å². The molecule has 0 saturated heterocycles. The number of rotatable bonds is 10. The Kier molecular flexibility index (Phi) is 7.99. The summed E-state index contributed by atoms with van der Waals surface area (Å²) in [5.41, 5.74) is 5.43. The maximum Gasteiger partial charge on any atom is 0.220 e. The first-order chi connectivity index (χ1) is 9.65. The van der Waals surface area contributed by atoms with Crippen LogP contribution in [0.5, 0.6) is 0 Å². The lowest BCUT2D eigenvalue weighted by molar-refractivity contribution is -0.121. The Hall–Kier alpha value is -1.33. The highest BCUT2D eigenvalue weighted by atomic mass is 16.3. The molecule has 114 valence electrons. The third-order valence-electron chi connectivity index (χ3n) is 3.35. The molecule has 0 spiro atoms. The predicted molar refractivity (Wildman–Crippen MR) is 80.3 cm³/mol. The number of nitrogens with two attached hydrogens (primary N) is 1. The molecule has 5 nitrogen and oxygen atoms in total. The summed E-state index contributed by atoms with van der Waals surface area (Å²) >= 11 is 0. The van der Waals surface area contributed by atoms with Gasteiger partial charge in [-0.15, -0.1) is 0 Å². The number of hydrogen-bond donors (Lipinski definition) is 2. The molecule has 1 amide bonds. The Morgan fingerprint density at radius 1 is 1.35 bits per heavy atom. The predicted octanol–water partition coefficient (Wildman–Crippen LogP) is 1.91. The van der Waals surface area contributed by atoms with Crippen molar-refractivity contribution in [3.05, 3.63) is 24.2 Å². The van der Waals surface area contributed by atoms with E-state index in [9.17, 15) is 4.79 Å². The molecule has 0 aromatic carbocycles.